The second kappa shape index (κ2) is 7.48. The van der Waals surface area contributed by atoms with E-state index in [0.717, 1.165) is 17.9 Å². The second-order valence-electron chi connectivity index (χ2n) is 5.59. The molecule has 7 heteroatoms. The van der Waals surface area contributed by atoms with Crippen LogP contribution in [0, 0.1) is 10.1 Å². The fraction of sp³-hybridized carbons (Fsp3) is 0.222. The number of amides is 1. The van der Waals surface area contributed by atoms with Crippen LogP contribution >= 0.6 is 11.8 Å². The monoisotopic (exact) mass is 355 g/mol. The highest BCUT2D eigenvalue weighted by atomic mass is 32.2. The Labute approximate surface area is 149 Å². The van der Waals surface area contributed by atoms with Crippen molar-refractivity contribution in [1.29, 1.82) is 0 Å². The number of amidine groups is 1. The molecule has 25 heavy (non-hydrogen) atoms. The second-order valence-corrected chi connectivity index (χ2v) is 6.57. The Morgan fingerprint density at radius 1 is 1.28 bits per heavy atom. The van der Waals surface area contributed by atoms with Crippen molar-refractivity contribution in [3.63, 3.8) is 0 Å². The molecule has 1 aliphatic rings. The van der Waals surface area contributed by atoms with Crippen LogP contribution in [0.4, 0.5) is 11.4 Å². The molecule has 1 atom stereocenters. The molecular weight excluding hydrogens is 338 g/mol. The lowest BCUT2D eigenvalue weighted by molar-refractivity contribution is -0.384. The van der Waals surface area contributed by atoms with E-state index in [1.54, 1.807) is 11.0 Å². The Morgan fingerprint density at radius 3 is 2.72 bits per heavy atom. The average Bonchev–Trinajstić information content (AvgIpc) is 3.04. The molecule has 0 spiro atoms. The first-order chi connectivity index (χ1) is 12.1. The first kappa shape index (κ1) is 17.2. The van der Waals surface area contributed by atoms with E-state index in [1.807, 2.05) is 37.3 Å². The molecule has 128 valence electrons. The van der Waals surface area contributed by atoms with Gasteiger partial charge in [0.05, 0.1) is 10.6 Å². The van der Waals surface area contributed by atoms with Gasteiger partial charge in [-0.05, 0) is 24.6 Å². The number of nitrogens with zero attached hydrogens (tertiary/aromatic N) is 3. The zero-order valence-electron chi connectivity index (χ0n) is 13.7. The Hall–Kier alpha value is -2.67. The van der Waals surface area contributed by atoms with Gasteiger partial charge in [-0.3, -0.25) is 19.8 Å². The maximum Gasteiger partial charge on any atom is 0.270 e. The highest BCUT2D eigenvalue weighted by Crippen LogP contribution is 2.30. The summed E-state index contributed by atoms with van der Waals surface area (Å²) in [5.74, 6) is 0.512. The van der Waals surface area contributed by atoms with Gasteiger partial charge in [0.2, 0.25) is 0 Å². The van der Waals surface area contributed by atoms with Gasteiger partial charge < -0.3 is 0 Å². The third kappa shape index (κ3) is 3.71. The number of benzene rings is 2. The summed E-state index contributed by atoms with van der Waals surface area (Å²) < 4.78 is 0. The van der Waals surface area contributed by atoms with Gasteiger partial charge in [0.25, 0.3) is 11.6 Å². The molecule has 0 aromatic heterocycles. The molecule has 0 aliphatic carbocycles. The fourth-order valence-corrected chi connectivity index (χ4v) is 3.88. The van der Waals surface area contributed by atoms with Crippen LogP contribution < -0.4 is 0 Å². The van der Waals surface area contributed by atoms with Crippen LogP contribution in [0.2, 0.25) is 0 Å². The molecule has 3 rings (SSSR count). The van der Waals surface area contributed by atoms with E-state index in [9.17, 15) is 14.9 Å². The minimum absolute atomic E-state index is 0.0271. The standard InChI is InChI=1S/C18H17N3O3S/c1-2-15-12-25-18(19-14-8-4-3-5-9-14)20(15)17(22)13-7-6-10-16(11-13)21(23)24/h3-11,15H,2,12H2,1H3/t15-/m0/s1. The summed E-state index contributed by atoms with van der Waals surface area (Å²) in [5, 5.41) is 11.6. The largest absolute Gasteiger partial charge is 0.283 e. The number of para-hydroxylation sites is 1. The number of nitro groups is 1. The molecule has 0 unspecified atom stereocenters. The molecule has 0 bridgehead atoms. The van der Waals surface area contributed by atoms with Crippen LogP contribution in [0.5, 0.6) is 0 Å². The van der Waals surface area contributed by atoms with Gasteiger partial charge in [-0.25, -0.2) is 4.99 Å². The van der Waals surface area contributed by atoms with Crippen LogP contribution in [0.25, 0.3) is 0 Å². The van der Waals surface area contributed by atoms with Crippen molar-refractivity contribution in [1.82, 2.24) is 4.90 Å². The third-order valence-corrected chi connectivity index (χ3v) is 5.05. The predicted octanol–water partition coefficient (Wildman–Crippen LogP) is 4.25. The summed E-state index contributed by atoms with van der Waals surface area (Å²) >= 11 is 1.53. The average molecular weight is 355 g/mol. The third-order valence-electron chi connectivity index (χ3n) is 3.95. The van der Waals surface area contributed by atoms with Gasteiger partial charge in [0.1, 0.15) is 0 Å². The number of nitro benzene ring substituents is 1. The molecule has 2 aromatic rings. The van der Waals surface area contributed by atoms with Crippen molar-refractivity contribution >= 4 is 34.2 Å². The molecule has 1 saturated heterocycles. The lowest BCUT2D eigenvalue weighted by atomic mass is 10.1. The number of thioether (sulfide) groups is 1. The molecule has 1 heterocycles. The van der Waals surface area contributed by atoms with Crippen molar-refractivity contribution in [2.75, 3.05) is 5.75 Å². The van der Waals surface area contributed by atoms with Crippen LogP contribution in [0.3, 0.4) is 0 Å². The van der Waals surface area contributed by atoms with Crippen molar-refractivity contribution < 1.29 is 9.72 Å². The first-order valence-corrected chi connectivity index (χ1v) is 8.93. The normalized spacial score (nSPS) is 18.5. The quantitative estimate of drug-likeness (QED) is 0.607. The van der Waals surface area contributed by atoms with Crippen molar-refractivity contribution in [2.45, 2.75) is 19.4 Å². The van der Waals surface area contributed by atoms with Crippen molar-refractivity contribution in [3.05, 3.63) is 70.3 Å². The SMILES string of the molecule is CC[C@H]1CSC(=Nc2ccccc2)N1C(=O)c1cccc([N+](=O)[O-])c1. The fourth-order valence-electron chi connectivity index (χ4n) is 2.61. The molecule has 1 aliphatic heterocycles. The van der Waals surface area contributed by atoms with Gasteiger partial charge >= 0.3 is 0 Å². The Kier molecular flexibility index (Phi) is 5.14. The number of carbonyl (C=O) groups excluding carboxylic acids is 1. The first-order valence-electron chi connectivity index (χ1n) is 7.94. The van der Waals surface area contributed by atoms with Crippen LogP contribution in [0.1, 0.15) is 23.7 Å². The summed E-state index contributed by atoms with van der Waals surface area (Å²) in [5.41, 5.74) is 0.988. The predicted molar refractivity (Wildman–Crippen MR) is 99.3 cm³/mol. The van der Waals surface area contributed by atoms with E-state index in [4.69, 9.17) is 0 Å². The van der Waals surface area contributed by atoms with Crippen molar-refractivity contribution in [2.24, 2.45) is 4.99 Å². The topological polar surface area (TPSA) is 75.8 Å². The molecular formula is C18H17N3O3S. The number of non-ortho nitro benzene ring substituents is 1. The summed E-state index contributed by atoms with van der Waals surface area (Å²) in [6.07, 6.45) is 0.793. The number of hydrogen-bond donors (Lipinski definition) is 0. The molecule has 1 fully saturated rings. The number of aliphatic imine (C=N–C) groups is 1. The zero-order chi connectivity index (χ0) is 17.8. The Balaban J connectivity index is 1.96. The van der Waals surface area contributed by atoms with E-state index in [1.165, 1.54) is 30.0 Å². The van der Waals surface area contributed by atoms with Gasteiger partial charge in [0.15, 0.2) is 5.17 Å². The van der Waals surface area contributed by atoms with Crippen LogP contribution in [0.15, 0.2) is 59.6 Å². The Morgan fingerprint density at radius 2 is 2.04 bits per heavy atom. The molecule has 6 nitrogen and oxygen atoms in total. The van der Waals surface area contributed by atoms with Crippen molar-refractivity contribution in [3.8, 4) is 0 Å². The highest BCUT2D eigenvalue weighted by molar-refractivity contribution is 8.14. The van der Waals surface area contributed by atoms with E-state index in [2.05, 4.69) is 4.99 Å². The van der Waals surface area contributed by atoms with E-state index >= 15 is 0 Å². The summed E-state index contributed by atoms with van der Waals surface area (Å²) in [7, 11) is 0. The smallest absolute Gasteiger partial charge is 0.270 e. The van der Waals surface area contributed by atoms with Crippen LogP contribution in [-0.4, -0.2) is 32.7 Å². The summed E-state index contributed by atoms with van der Waals surface area (Å²) in [6.45, 7) is 2.02. The molecule has 2 aromatic carbocycles. The van der Waals surface area contributed by atoms with Gasteiger partial charge in [-0.15, -0.1) is 0 Å². The molecule has 0 saturated carbocycles. The van der Waals surface area contributed by atoms with Crippen LogP contribution in [-0.2, 0) is 0 Å². The molecule has 0 radical (unpaired) electrons. The summed E-state index contributed by atoms with van der Waals surface area (Å²) in [4.78, 5) is 29.7. The minimum atomic E-state index is -0.494. The maximum atomic E-state index is 13.0. The highest BCUT2D eigenvalue weighted by Gasteiger charge is 2.35. The maximum absolute atomic E-state index is 13.0. The lowest BCUT2D eigenvalue weighted by Gasteiger charge is -2.23. The number of hydrogen-bond acceptors (Lipinski definition) is 5. The summed E-state index contributed by atoms with van der Waals surface area (Å²) in [6, 6.07) is 15.3. The zero-order valence-corrected chi connectivity index (χ0v) is 14.5. The van der Waals surface area contributed by atoms with Gasteiger partial charge in [0, 0.05) is 29.5 Å². The lowest BCUT2D eigenvalue weighted by Crippen LogP contribution is -2.39. The Bertz CT molecular complexity index is 823. The minimum Gasteiger partial charge on any atom is -0.283 e. The van der Waals surface area contributed by atoms with Gasteiger partial charge in [-0.2, -0.15) is 0 Å². The van der Waals surface area contributed by atoms with E-state index in [-0.39, 0.29) is 17.6 Å². The number of rotatable bonds is 4. The van der Waals surface area contributed by atoms with E-state index < -0.39 is 4.92 Å². The molecule has 0 N–H and O–H groups in total. The van der Waals surface area contributed by atoms with E-state index in [0.29, 0.717) is 10.7 Å². The van der Waals surface area contributed by atoms with Gasteiger partial charge in [-0.1, -0.05) is 43.0 Å². The number of carbonyl (C=O) groups is 1. The molecule has 1 amide bonds.